The van der Waals surface area contributed by atoms with Gasteiger partial charge in [-0.1, -0.05) is 12.1 Å². The highest BCUT2D eigenvalue weighted by molar-refractivity contribution is 7.92. The van der Waals surface area contributed by atoms with E-state index < -0.39 is 10.0 Å². The summed E-state index contributed by atoms with van der Waals surface area (Å²) < 4.78 is 25.2. The molecule has 0 fully saturated rings. The minimum atomic E-state index is -3.46. The van der Waals surface area contributed by atoms with Crippen molar-refractivity contribution >= 4 is 38.9 Å². The Labute approximate surface area is 145 Å². The van der Waals surface area contributed by atoms with Gasteiger partial charge < -0.3 is 10.6 Å². The van der Waals surface area contributed by atoms with Crippen molar-refractivity contribution in [1.29, 1.82) is 0 Å². The lowest BCUT2D eigenvalue weighted by Crippen LogP contribution is -2.20. The fraction of sp³-hybridized carbons (Fsp3) is 0.176. The minimum absolute atomic E-state index is 0.0366. The first kappa shape index (κ1) is 17.0. The molecule has 0 radical (unpaired) electrons. The average Bonchev–Trinajstić information content (AvgIpc) is 2.54. The summed E-state index contributed by atoms with van der Waals surface area (Å²) in [7, 11) is -3.46. The monoisotopic (exact) mass is 359 g/mol. The molecule has 0 bridgehead atoms. The van der Waals surface area contributed by atoms with Gasteiger partial charge in [-0.2, -0.15) is 0 Å². The molecule has 2 aromatic rings. The molecular formula is C17H17N3O4S. The van der Waals surface area contributed by atoms with Gasteiger partial charge >= 0.3 is 0 Å². The molecule has 1 aliphatic heterocycles. The van der Waals surface area contributed by atoms with Crippen LogP contribution < -0.4 is 15.4 Å². The van der Waals surface area contributed by atoms with Crippen molar-refractivity contribution in [2.24, 2.45) is 0 Å². The van der Waals surface area contributed by atoms with E-state index in [0.717, 1.165) is 11.8 Å². The van der Waals surface area contributed by atoms with E-state index in [1.807, 2.05) is 0 Å². The predicted molar refractivity (Wildman–Crippen MR) is 96.3 cm³/mol. The molecular weight excluding hydrogens is 342 g/mol. The van der Waals surface area contributed by atoms with E-state index in [2.05, 4.69) is 15.4 Å². The fourth-order valence-electron chi connectivity index (χ4n) is 2.60. The van der Waals surface area contributed by atoms with Crippen LogP contribution in [0.4, 0.5) is 17.1 Å². The average molecular weight is 359 g/mol. The molecule has 3 N–H and O–H groups in total. The van der Waals surface area contributed by atoms with Gasteiger partial charge in [-0.05, 0) is 42.3 Å². The van der Waals surface area contributed by atoms with E-state index >= 15 is 0 Å². The summed E-state index contributed by atoms with van der Waals surface area (Å²) in [6, 6.07) is 11.6. The van der Waals surface area contributed by atoms with Gasteiger partial charge in [0.1, 0.15) is 0 Å². The number of rotatable bonds is 4. The normalized spacial score (nSPS) is 13.6. The number of aryl methyl sites for hydroxylation is 1. The van der Waals surface area contributed by atoms with Gasteiger partial charge in [0, 0.05) is 17.7 Å². The van der Waals surface area contributed by atoms with Gasteiger partial charge in [-0.3, -0.25) is 14.3 Å². The molecule has 0 saturated heterocycles. The number of hydrogen-bond acceptors (Lipinski definition) is 4. The maximum absolute atomic E-state index is 12.5. The Kier molecular flexibility index (Phi) is 4.45. The number of sulfonamides is 1. The third kappa shape index (κ3) is 4.16. The minimum Gasteiger partial charge on any atom is -0.326 e. The van der Waals surface area contributed by atoms with Crippen LogP contribution in [0.2, 0.25) is 0 Å². The number of carbonyl (C=O) groups is 2. The van der Waals surface area contributed by atoms with Crippen molar-refractivity contribution in [3.05, 3.63) is 53.6 Å². The van der Waals surface area contributed by atoms with Crippen LogP contribution in [0.15, 0.2) is 42.5 Å². The highest BCUT2D eigenvalue weighted by Crippen LogP contribution is 2.26. The van der Waals surface area contributed by atoms with Crippen LogP contribution in [0.3, 0.4) is 0 Å². The van der Waals surface area contributed by atoms with E-state index in [-0.39, 0.29) is 11.8 Å². The number of hydrogen-bond donors (Lipinski definition) is 3. The number of amides is 2. The molecule has 2 aromatic carbocycles. The van der Waals surface area contributed by atoms with Gasteiger partial charge in [0.15, 0.2) is 0 Å². The summed E-state index contributed by atoms with van der Waals surface area (Å²) >= 11 is 0. The SMILES string of the molecule is CS(=O)(=O)Nc1ccccc1NC(=O)c1ccc2c(c1)CCC(=O)N2. The standard InChI is InChI=1S/C17H17N3O4S/c1-25(23,24)20-15-5-3-2-4-14(15)19-17(22)12-6-8-13-11(10-12)7-9-16(21)18-13/h2-6,8,10,20H,7,9H2,1H3,(H,18,21)(H,19,22). The van der Waals surface area contributed by atoms with Crippen molar-refractivity contribution < 1.29 is 18.0 Å². The van der Waals surface area contributed by atoms with E-state index in [1.165, 1.54) is 0 Å². The van der Waals surface area contributed by atoms with Crippen molar-refractivity contribution in [3.8, 4) is 0 Å². The number of carbonyl (C=O) groups excluding carboxylic acids is 2. The van der Waals surface area contributed by atoms with Crippen LogP contribution in [0.1, 0.15) is 22.3 Å². The van der Waals surface area contributed by atoms with Crippen LogP contribution in [-0.2, 0) is 21.2 Å². The van der Waals surface area contributed by atoms with E-state index in [9.17, 15) is 18.0 Å². The summed E-state index contributed by atoms with van der Waals surface area (Å²) in [6.07, 6.45) is 2.01. The quantitative estimate of drug-likeness (QED) is 0.778. The van der Waals surface area contributed by atoms with Crippen molar-refractivity contribution in [1.82, 2.24) is 0 Å². The first-order chi connectivity index (χ1) is 11.8. The van der Waals surface area contributed by atoms with Gasteiger partial charge in [-0.25, -0.2) is 8.42 Å². The van der Waals surface area contributed by atoms with Crippen LogP contribution in [0, 0.1) is 0 Å². The first-order valence-corrected chi connectivity index (χ1v) is 9.52. The van der Waals surface area contributed by atoms with Crippen LogP contribution in [-0.4, -0.2) is 26.5 Å². The van der Waals surface area contributed by atoms with Gasteiger partial charge in [0.25, 0.3) is 5.91 Å². The highest BCUT2D eigenvalue weighted by atomic mass is 32.2. The summed E-state index contributed by atoms with van der Waals surface area (Å²) in [6.45, 7) is 0. The summed E-state index contributed by atoms with van der Waals surface area (Å²) in [5.74, 6) is -0.395. The second-order valence-corrected chi connectivity index (χ2v) is 7.54. The smallest absolute Gasteiger partial charge is 0.255 e. The number of nitrogens with one attached hydrogen (secondary N) is 3. The highest BCUT2D eigenvalue weighted by Gasteiger charge is 2.17. The lowest BCUT2D eigenvalue weighted by Gasteiger charge is -2.17. The zero-order chi connectivity index (χ0) is 18.0. The zero-order valence-corrected chi connectivity index (χ0v) is 14.3. The number of fused-ring (bicyclic) bond motifs is 1. The molecule has 0 aromatic heterocycles. The molecule has 25 heavy (non-hydrogen) atoms. The molecule has 0 saturated carbocycles. The molecule has 1 aliphatic rings. The summed E-state index contributed by atoms with van der Waals surface area (Å²) in [5.41, 5.74) is 2.71. The van der Waals surface area contributed by atoms with Crippen LogP contribution >= 0.6 is 0 Å². The second kappa shape index (κ2) is 6.56. The van der Waals surface area contributed by atoms with Crippen molar-refractivity contribution in [3.63, 3.8) is 0 Å². The summed E-state index contributed by atoms with van der Waals surface area (Å²) in [4.78, 5) is 23.9. The second-order valence-electron chi connectivity index (χ2n) is 5.79. The van der Waals surface area contributed by atoms with E-state index in [1.54, 1.807) is 42.5 Å². The Morgan fingerprint density at radius 1 is 1.08 bits per heavy atom. The van der Waals surface area contributed by atoms with Crippen LogP contribution in [0.5, 0.6) is 0 Å². The number of para-hydroxylation sites is 2. The Morgan fingerprint density at radius 2 is 1.80 bits per heavy atom. The number of benzene rings is 2. The van der Waals surface area contributed by atoms with Crippen LogP contribution in [0.25, 0.3) is 0 Å². The molecule has 7 nitrogen and oxygen atoms in total. The molecule has 0 spiro atoms. The predicted octanol–water partition coefficient (Wildman–Crippen LogP) is 2.20. The molecule has 0 atom stereocenters. The molecule has 8 heteroatoms. The third-order valence-corrected chi connectivity index (χ3v) is 4.32. The van der Waals surface area contributed by atoms with Gasteiger partial charge in [0.2, 0.25) is 15.9 Å². The zero-order valence-electron chi connectivity index (χ0n) is 13.5. The van der Waals surface area contributed by atoms with E-state index in [4.69, 9.17) is 0 Å². The third-order valence-electron chi connectivity index (χ3n) is 3.73. The molecule has 2 amide bonds. The number of anilines is 3. The Morgan fingerprint density at radius 3 is 2.52 bits per heavy atom. The molecule has 130 valence electrons. The fourth-order valence-corrected chi connectivity index (χ4v) is 3.18. The Balaban J connectivity index is 1.83. The van der Waals surface area contributed by atoms with Gasteiger partial charge in [-0.15, -0.1) is 0 Å². The van der Waals surface area contributed by atoms with E-state index in [0.29, 0.717) is 35.5 Å². The lowest BCUT2D eigenvalue weighted by molar-refractivity contribution is -0.116. The molecule has 0 aliphatic carbocycles. The Hall–Kier alpha value is -2.87. The summed E-state index contributed by atoms with van der Waals surface area (Å²) in [5, 5.41) is 5.48. The first-order valence-electron chi connectivity index (χ1n) is 7.63. The molecule has 0 unspecified atom stereocenters. The lowest BCUT2D eigenvalue weighted by atomic mass is 10.00. The topological polar surface area (TPSA) is 104 Å². The van der Waals surface area contributed by atoms with Gasteiger partial charge in [0.05, 0.1) is 17.6 Å². The molecule has 1 heterocycles. The maximum Gasteiger partial charge on any atom is 0.255 e. The van der Waals surface area contributed by atoms with Crippen molar-refractivity contribution in [2.45, 2.75) is 12.8 Å². The maximum atomic E-state index is 12.5. The van der Waals surface area contributed by atoms with Crippen molar-refractivity contribution in [2.75, 3.05) is 21.6 Å². The molecule has 3 rings (SSSR count). The largest absolute Gasteiger partial charge is 0.326 e. The Bertz CT molecular complexity index is 954.